The summed E-state index contributed by atoms with van der Waals surface area (Å²) in [6.45, 7) is -0.640. The first-order valence-corrected chi connectivity index (χ1v) is 10.7. The van der Waals surface area contributed by atoms with Gasteiger partial charge in [0.25, 0.3) is 23.5 Å². The molecule has 3 amide bonds. The van der Waals surface area contributed by atoms with Gasteiger partial charge in [-0.2, -0.15) is 4.98 Å². The lowest BCUT2D eigenvalue weighted by molar-refractivity contribution is -0.385. The van der Waals surface area contributed by atoms with E-state index in [2.05, 4.69) is 15.4 Å². The molecule has 1 aliphatic heterocycles. The van der Waals surface area contributed by atoms with E-state index in [9.17, 15) is 24.5 Å². The Morgan fingerprint density at radius 2 is 2.00 bits per heavy atom. The fourth-order valence-electron chi connectivity index (χ4n) is 3.63. The number of hydrogen-bond acceptors (Lipinski definition) is 9. The van der Waals surface area contributed by atoms with Gasteiger partial charge in [-0.25, -0.2) is 4.52 Å². The highest BCUT2D eigenvalue weighted by molar-refractivity contribution is 7.15. The van der Waals surface area contributed by atoms with Crippen LogP contribution in [0.2, 0.25) is 0 Å². The number of nitro groups is 1. The van der Waals surface area contributed by atoms with Crippen molar-refractivity contribution in [2.75, 3.05) is 19.0 Å². The summed E-state index contributed by atoms with van der Waals surface area (Å²) in [6, 6.07) is 11.1. The van der Waals surface area contributed by atoms with Crippen LogP contribution in [-0.4, -0.2) is 55.8 Å². The second kappa shape index (κ2) is 8.04. The zero-order chi connectivity index (χ0) is 24.0. The quantitative estimate of drug-likeness (QED) is 0.252. The molecule has 0 aliphatic carbocycles. The van der Waals surface area contributed by atoms with Crippen molar-refractivity contribution in [1.82, 2.24) is 19.5 Å². The number of benzene rings is 2. The van der Waals surface area contributed by atoms with Gasteiger partial charge in [-0.1, -0.05) is 18.2 Å². The minimum absolute atomic E-state index is 0.0106. The number of thiazole rings is 1. The van der Waals surface area contributed by atoms with Crippen LogP contribution in [0.25, 0.3) is 16.2 Å². The summed E-state index contributed by atoms with van der Waals surface area (Å²) < 4.78 is 6.81. The number of ether oxygens (including phenoxy) is 1. The molecule has 0 bridgehead atoms. The van der Waals surface area contributed by atoms with Crippen molar-refractivity contribution in [3.8, 4) is 17.0 Å². The van der Waals surface area contributed by atoms with E-state index in [1.165, 1.54) is 23.5 Å². The van der Waals surface area contributed by atoms with E-state index >= 15 is 0 Å². The number of nitro benzene ring substituents is 1. The number of carbonyl (C=O) groups excluding carboxylic acids is 3. The summed E-state index contributed by atoms with van der Waals surface area (Å²) in [4.78, 5) is 53.7. The number of fused-ring (bicyclic) bond motifs is 2. The number of carbonyl (C=O) groups is 3. The molecule has 170 valence electrons. The number of hydrogen-bond donors (Lipinski definition) is 1. The second-order valence-electron chi connectivity index (χ2n) is 7.18. The minimum Gasteiger partial charge on any atom is -0.497 e. The van der Waals surface area contributed by atoms with Gasteiger partial charge in [0.05, 0.1) is 23.3 Å². The molecule has 0 saturated heterocycles. The molecule has 0 atom stereocenters. The molecule has 0 radical (unpaired) electrons. The van der Waals surface area contributed by atoms with Gasteiger partial charge >= 0.3 is 0 Å². The molecule has 2 aromatic carbocycles. The lowest BCUT2D eigenvalue weighted by Gasteiger charge is -2.12. The molecule has 1 N–H and O–H groups in total. The zero-order valence-corrected chi connectivity index (χ0v) is 18.2. The Labute approximate surface area is 194 Å². The van der Waals surface area contributed by atoms with E-state index < -0.39 is 34.9 Å². The molecule has 2 aromatic heterocycles. The molecule has 13 heteroatoms. The molecule has 0 saturated carbocycles. The van der Waals surface area contributed by atoms with Gasteiger partial charge in [0.1, 0.15) is 17.9 Å². The van der Waals surface area contributed by atoms with Crippen LogP contribution in [0.15, 0.2) is 47.8 Å². The highest BCUT2D eigenvalue weighted by Crippen LogP contribution is 2.31. The number of nitrogens with zero attached hydrogens (tertiary/aromatic N) is 5. The first-order valence-electron chi connectivity index (χ1n) is 9.79. The Hall–Kier alpha value is -4.65. The highest BCUT2D eigenvalue weighted by atomic mass is 32.1. The number of methoxy groups -OCH3 is 1. The van der Waals surface area contributed by atoms with Crippen LogP contribution in [0.4, 0.5) is 11.6 Å². The molecule has 4 aromatic rings. The smallest absolute Gasteiger partial charge is 0.282 e. The topological polar surface area (TPSA) is 149 Å². The maximum atomic E-state index is 12.7. The lowest BCUT2D eigenvalue weighted by Crippen LogP contribution is -2.37. The first-order chi connectivity index (χ1) is 16.4. The Morgan fingerprint density at radius 1 is 1.21 bits per heavy atom. The van der Waals surface area contributed by atoms with Gasteiger partial charge in [0.15, 0.2) is 0 Å². The third-order valence-electron chi connectivity index (χ3n) is 5.17. The van der Waals surface area contributed by atoms with Gasteiger partial charge < -0.3 is 4.74 Å². The monoisotopic (exact) mass is 478 g/mol. The molecular formula is C21H14N6O6S. The standard InChI is InChI=1S/C21H14N6O6S/c1-33-12-5-2-4-11(8-12)15-10-34-21-23-20(24-26(15)21)22-16(28)9-25-18(29)13-6-3-7-14(27(31)32)17(13)19(25)30/h2-8,10H,9H2,1H3,(H,22,24,28). The number of aromatic nitrogens is 3. The molecule has 3 heterocycles. The Morgan fingerprint density at radius 3 is 2.76 bits per heavy atom. The third kappa shape index (κ3) is 3.44. The van der Waals surface area contributed by atoms with Crippen LogP contribution in [0.5, 0.6) is 5.75 Å². The van der Waals surface area contributed by atoms with E-state index in [4.69, 9.17) is 4.74 Å². The normalized spacial score (nSPS) is 12.8. The maximum absolute atomic E-state index is 12.7. The van der Waals surface area contributed by atoms with E-state index in [1.807, 2.05) is 29.6 Å². The van der Waals surface area contributed by atoms with Crippen LogP contribution in [0.3, 0.4) is 0 Å². The summed E-state index contributed by atoms with van der Waals surface area (Å²) in [5.41, 5.74) is 0.643. The molecule has 34 heavy (non-hydrogen) atoms. The zero-order valence-electron chi connectivity index (χ0n) is 17.4. The lowest BCUT2D eigenvalue weighted by atomic mass is 10.1. The van der Waals surface area contributed by atoms with E-state index in [0.717, 1.165) is 17.3 Å². The van der Waals surface area contributed by atoms with Crippen LogP contribution in [0.1, 0.15) is 20.7 Å². The maximum Gasteiger partial charge on any atom is 0.282 e. The molecule has 1 aliphatic rings. The van der Waals surface area contributed by atoms with Crippen molar-refractivity contribution >= 4 is 45.7 Å². The van der Waals surface area contributed by atoms with E-state index in [0.29, 0.717) is 15.6 Å². The van der Waals surface area contributed by atoms with Crippen molar-refractivity contribution in [3.63, 3.8) is 0 Å². The van der Waals surface area contributed by atoms with Crippen molar-refractivity contribution < 1.29 is 24.0 Å². The summed E-state index contributed by atoms with van der Waals surface area (Å²) in [5, 5.41) is 19.9. The second-order valence-corrected chi connectivity index (χ2v) is 8.02. The van der Waals surface area contributed by atoms with Crippen molar-refractivity contribution in [1.29, 1.82) is 0 Å². The van der Waals surface area contributed by atoms with Crippen LogP contribution in [0, 0.1) is 10.1 Å². The number of rotatable bonds is 6. The van der Waals surface area contributed by atoms with Crippen molar-refractivity contribution in [2.45, 2.75) is 0 Å². The van der Waals surface area contributed by atoms with Crippen LogP contribution >= 0.6 is 11.3 Å². The predicted octanol–water partition coefficient (Wildman–Crippen LogP) is 2.61. The fourth-order valence-corrected chi connectivity index (χ4v) is 4.47. The van der Waals surface area contributed by atoms with E-state index in [-0.39, 0.29) is 17.1 Å². The fraction of sp³-hybridized carbons (Fsp3) is 0.0952. The number of amides is 3. The average Bonchev–Trinajstić information content (AvgIpc) is 3.47. The number of anilines is 1. The van der Waals surface area contributed by atoms with Crippen molar-refractivity contribution in [2.24, 2.45) is 0 Å². The molecule has 12 nitrogen and oxygen atoms in total. The Balaban J connectivity index is 1.35. The molecule has 5 rings (SSSR count). The molecular weight excluding hydrogens is 464 g/mol. The predicted molar refractivity (Wildman–Crippen MR) is 120 cm³/mol. The largest absolute Gasteiger partial charge is 0.497 e. The van der Waals surface area contributed by atoms with Gasteiger partial charge in [0, 0.05) is 17.0 Å². The van der Waals surface area contributed by atoms with Gasteiger partial charge in [-0.05, 0) is 18.2 Å². The highest BCUT2D eigenvalue weighted by Gasteiger charge is 2.41. The van der Waals surface area contributed by atoms with Crippen LogP contribution < -0.4 is 10.1 Å². The van der Waals surface area contributed by atoms with Gasteiger partial charge in [-0.15, -0.1) is 16.4 Å². The Kier molecular flexibility index (Phi) is 5.02. The minimum atomic E-state index is -0.901. The third-order valence-corrected chi connectivity index (χ3v) is 5.99. The van der Waals surface area contributed by atoms with Crippen molar-refractivity contribution in [3.05, 3.63) is 69.1 Å². The summed E-state index contributed by atoms with van der Waals surface area (Å²) in [5.74, 6) is -1.74. The summed E-state index contributed by atoms with van der Waals surface area (Å²) in [7, 11) is 1.57. The molecule has 0 spiro atoms. The first kappa shape index (κ1) is 21.2. The van der Waals surface area contributed by atoms with Gasteiger partial charge in [0.2, 0.25) is 10.9 Å². The van der Waals surface area contributed by atoms with Crippen LogP contribution in [-0.2, 0) is 4.79 Å². The Bertz CT molecular complexity index is 1510. The summed E-state index contributed by atoms with van der Waals surface area (Å²) >= 11 is 1.31. The molecule has 0 unspecified atom stereocenters. The molecule has 0 fully saturated rings. The van der Waals surface area contributed by atoms with E-state index in [1.54, 1.807) is 11.6 Å². The summed E-state index contributed by atoms with van der Waals surface area (Å²) in [6.07, 6.45) is 0. The SMILES string of the molecule is COc1cccc(-c2csc3nc(NC(=O)CN4C(=O)c5cccc([N+](=O)[O-])c5C4=O)nn23)c1. The average molecular weight is 478 g/mol. The number of imide groups is 1. The number of nitrogens with one attached hydrogen (secondary N) is 1. The van der Waals surface area contributed by atoms with Gasteiger partial charge in [-0.3, -0.25) is 34.7 Å².